The fourth-order valence-electron chi connectivity index (χ4n) is 4.20. The van der Waals surface area contributed by atoms with Crippen LogP contribution in [0.5, 0.6) is 0 Å². The molecule has 0 bridgehead atoms. The van der Waals surface area contributed by atoms with E-state index in [1.165, 1.54) is 18.9 Å². The highest BCUT2D eigenvalue weighted by Crippen LogP contribution is 2.54. The van der Waals surface area contributed by atoms with Gasteiger partial charge in [0.1, 0.15) is 0 Å². The van der Waals surface area contributed by atoms with Gasteiger partial charge in [-0.05, 0) is 58.8 Å². The quantitative estimate of drug-likeness (QED) is 0.285. The fraction of sp³-hybridized carbons (Fsp3) is 0.231. The molecule has 4 nitrogen and oxygen atoms in total. The number of halogens is 1. The van der Waals surface area contributed by atoms with Crippen LogP contribution in [0.15, 0.2) is 83.8 Å². The molecule has 0 aromatic heterocycles. The van der Waals surface area contributed by atoms with E-state index in [4.69, 9.17) is 4.74 Å². The van der Waals surface area contributed by atoms with Crippen molar-refractivity contribution < 1.29 is 14.3 Å². The molecule has 1 saturated heterocycles. The van der Waals surface area contributed by atoms with Crippen LogP contribution in [0.1, 0.15) is 29.2 Å². The van der Waals surface area contributed by atoms with Crippen LogP contribution in [0.2, 0.25) is 0 Å². The summed E-state index contributed by atoms with van der Waals surface area (Å²) in [6, 6.07) is 25.4. The van der Waals surface area contributed by atoms with Crippen LogP contribution in [-0.2, 0) is 20.9 Å². The average Bonchev–Trinajstić information content (AvgIpc) is 3.07. The monoisotopic (exact) mass is 557 g/mol. The molecule has 164 valence electrons. The fourth-order valence-corrected chi connectivity index (χ4v) is 6.30. The minimum atomic E-state index is -1.09. The number of amides is 1. The predicted octanol–water partition coefficient (Wildman–Crippen LogP) is 5.78. The van der Waals surface area contributed by atoms with Gasteiger partial charge < -0.3 is 9.64 Å². The molecule has 0 spiro atoms. The van der Waals surface area contributed by atoms with Gasteiger partial charge in [-0.15, -0.1) is 11.8 Å². The first-order valence-electron chi connectivity index (χ1n) is 10.4. The Balaban J connectivity index is 1.85. The van der Waals surface area contributed by atoms with Crippen LogP contribution in [0.3, 0.4) is 0 Å². The lowest BCUT2D eigenvalue weighted by Crippen LogP contribution is -2.42. The van der Waals surface area contributed by atoms with Gasteiger partial charge in [0.25, 0.3) is 0 Å². The molecule has 1 amide bonds. The van der Waals surface area contributed by atoms with E-state index >= 15 is 0 Å². The van der Waals surface area contributed by atoms with Gasteiger partial charge in [-0.25, -0.2) is 0 Å². The molecular formula is C26H24INO3S. The molecule has 32 heavy (non-hydrogen) atoms. The van der Waals surface area contributed by atoms with Crippen LogP contribution in [0.25, 0.3) is 0 Å². The third-order valence-electron chi connectivity index (χ3n) is 5.73. The summed E-state index contributed by atoms with van der Waals surface area (Å²) in [5.74, 6) is -0.430. The highest BCUT2D eigenvalue weighted by Gasteiger charge is 2.59. The number of esters is 1. The molecule has 4 rings (SSSR count). The normalized spacial score (nSPS) is 20.4. The predicted molar refractivity (Wildman–Crippen MR) is 135 cm³/mol. The molecule has 0 N–H and O–H groups in total. The van der Waals surface area contributed by atoms with Crippen molar-refractivity contribution in [1.29, 1.82) is 0 Å². The summed E-state index contributed by atoms with van der Waals surface area (Å²) in [5.41, 5.74) is 3.13. The minimum Gasteiger partial charge on any atom is -0.468 e. The Bertz CT molecular complexity index is 1120. The summed E-state index contributed by atoms with van der Waals surface area (Å²) in [6.45, 7) is 2.46. The van der Waals surface area contributed by atoms with Crippen molar-refractivity contribution in [3.05, 3.63) is 99.1 Å². The van der Waals surface area contributed by atoms with E-state index in [0.29, 0.717) is 6.54 Å². The zero-order valence-electron chi connectivity index (χ0n) is 18.0. The van der Waals surface area contributed by atoms with Gasteiger partial charge in [-0.3, -0.25) is 9.59 Å². The second-order valence-corrected chi connectivity index (χ2v) is 10.5. The number of ether oxygens (including phenoxy) is 1. The molecule has 1 aliphatic rings. The number of aryl methyl sites for hydroxylation is 1. The lowest BCUT2D eigenvalue weighted by molar-refractivity contribution is -0.144. The number of hydrogen-bond donors (Lipinski definition) is 0. The van der Waals surface area contributed by atoms with Crippen LogP contribution in [0, 0.1) is 10.5 Å². The molecule has 1 fully saturated rings. The van der Waals surface area contributed by atoms with E-state index in [9.17, 15) is 9.59 Å². The van der Waals surface area contributed by atoms with Crippen molar-refractivity contribution in [2.24, 2.45) is 0 Å². The number of benzene rings is 3. The van der Waals surface area contributed by atoms with E-state index < -0.39 is 10.8 Å². The van der Waals surface area contributed by atoms with Crippen LogP contribution in [-0.4, -0.2) is 28.6 Å². The molecule has 0 radical (unpaired) electrons. The van der Waals surface area contributed by atoms with E-state index in [1.54, 1.807) is 0 Å². The van der Waals surface area contributed by atoms with Crippen LogP contribution >= 0.6 is 34.4 Å². The van der Waals surface area contributed by atoms with E-state index in [0.717, 1.165) is 25.2 Å². The van der Waals surface area contributed by atoms with Crippen molar-refractivity contribution >= 4 is 46.2 Å². The van der Waals surface area contributed by atoms with Crippen molar-refractivity contribution in [3.8, 4) is 0 Å². The minimum absolute atomic E-state index is 0.0523. The molecule has 3 aromatic carbocycles. The Morgan fingerprint density at radius 2 is 1.72 bits per heavy atom. The molecule has 2 atom stereocenters. The molecule has 3 aromatic rings. The maximum atomic E-state index is 13.5. The maximum absolute atomic E-state index is 13.5. The number of thioether (sulfide) groups is 1. The number of carbonyl (C=O) groups excluding carboxylic acids is 2. The lowest BCUT2D eigenvalue weighted by Gasteiger charge is -2.36. The molecule has 1 heterocycles. The topological polar surface area (TPSA) is 46.6 Å². The Morgan fingerprint density at radius 1 is 1.06 bits per heavy atom. The van der Waals surface area contributed by atoms with Crippen molar-refractivity contribution in [2.75, 3.05) is 7.11 Å². The zero-order valence-corrected chi connectivity index (χ0v) is 20.9. The third kappa shape index (κ3) is 4.43. The van der Waals surface area contributed by atoms with Gasteiger partial charge in [-0.1, -0.05) is 66.2 Å². The average molecular weight is 557 g/mol. The van der Waals surface area contributed by atoms with Gasteiger partial charge >= 0.3 is 5.97 Å². The van der Waals surface area contributed by atoms with Crippen molar-refractivity contribution in [3.63, 3.8) is 0 Å². The summed E-state index contributed by atoms with van der Waals surface area (Å²) in [6.07, 6.45) is 0.0840. The van der Waals surface area contributed by atoms with Gasteiger partial charge in [0.05, 0.1) is 19.6 Å². The number of carbonyl (C=O) groups is 2. The Hall–Kier alpha value is -2.32. The van der Waals surface area contributed by atoms with Crippen LogP contribution < -0.4 is 0 Å². The summed E-state index contributed by atoms with van der Waals surface area (Å²) >= 11 is 3.72. The summed E-state index contributed by atoms with van der Waals surface area (Å²) in [5, 5.41) is 0. The Kier molecular flexibility index (Phi) is 6.90. The SMILES string of the molecule is COC(=O)[C@@]1(Sc2ccc(C)cc2)CC(=O)N(Cc2ccccc2)[C@@H]1c1ccccc1I. The molecule has 0 unspecified atom stereocenters. The van der Waals surface area contributed by atoms with E-state index in [2.05, 4.69) is 22.6 Å². The Morgan fingerprint density at radius 3 is 2.38 bits per heavy atom. The molecular weight excluding hydrogens is 533 g/mol. The largest absolute Gasteiger partial charge is 0.468 e. The van der Waals surface area contributed by atoms with Crippen LogP contribution in [0.4, 0.5) is 0 Å². The molecule has 0 saturated carbocycles. The van der Waals surface area contributed by atoms with E-state index in [1.807, 2.05) is 90.7 Å². The first-order chi connectivity index (χ1) is 15.4. The van der Waals surface area contributed by atoms with Crippen molar-refractivity contribution in [1.82, 2.24) is 4.90 Å². The first kappa shape index (κ1) is 22.9. The summed E-state index contributed by atoms with van der Waals surface area (Å²) < 4.78 is 5.26. The summed E-state index contributed by atoms with van der Waals surface area (Å²) in [7, 11) is 1.40. The number of likely N-dealkylation sites (tertiary alicyclic amines) is 1. The summed E-state index contributed by atoms with van der Waals surface area (Å²) in [4.78, 5) is 29.7. The van der Waals surface area contributed by atoms with Crippen molar-refractivity contribution in [2.45, 2.75) is 35.6 Å². The third-order valence-corrected chi connectivity index (χ3v) is 8.12. The zero-order chi connectivity index (χ0) is 22.7. The second kappa shape index (κ2) is 9.67. The second-order valence-electron chi connectivity index (χ2n) is 7.90. The Labute approximate surface area is 206 Å². The van der Waals surface area contributed by atoms with E-state index in [-0.39, 0.29) is 18.3 Å². The van der Waals surface area contributed by atoms with Gasteiger partial charge in [-0.2, -0.15) is 0 Å². The molecule has 0 aliphatic carbocycles. The molecule has 1 aliphatic heterocycles. The van der Waals surface area contributed by atoms with Gasteiger partial charge in [0.15, 0.2) is 4.75 Å². The first-order valence-corrected chi connectivity index (χ1v) is 12.3. The standard InChI is InChI=1S/C26H24INO3S/c1-18-12-14-20(15-13-18)32-26(25(30)31-2)16-23(29)28(17-19-8-4-3-5-9-19)24(26)21-10-6-7-11-22(21)27/h3-15,24H,16-17H2,1-2H3/t24-,26-/m1/s1. The maximum Gasteiger partial charge on any atom is 0.325 e. The highest BCUT2D eigenvalue weighted by molar-refractivity contribution is 14.1. The van der Waals surface area contributed by atoms with Gasteiger partial charge in [0, 0.05) is 15.0 Å². The smallest absolute Gasteiger partial charge is 0.325 e. The molecule has 6 heteroatoms. The number of nitrogens with zero attached hydrogens (tertiary/aromatic N) is 1. The highest BCUT2D eigenvalue weighted by atomic mass is 127. The number of methoxy groups -OCH3 is 1. The van der Waals surface area contributed by atoms with Gasteiger partial charge in [0.2, 0.25) is 5.91 Å². The lowest BCUT2D eigenvalue weighted by atomic mass is 9.92. The number of hydrogen-bond acceptors (Lipinski definition) is 4. The number of rotatable bonds is 6.